The molecule has 0 aliphatic heterocycles. The number of nitrogens with zero attached hydrogens (tertiary/aromatic N) is 1. The van der Waals surface area contributed by atoms with Crippen molar-refractivity contribution in [2.24, 2.45) is 0 Å². The van der Waals surface area contributed by atoms with Crippen LogP contribution in [-0.2, 0) is 0 Å². The van der Waals surface area contributed by atoms with Crippen LogP contribution in [-0.4, -0.2) is 37.2 Å². The molecule has 0 fully saturated rings. The Balaban J connectivity index is 3.25. The van der Waals surface area contributed by atoms with Gasteiger partial charge in [-0.1, -0.05) is 0 Å². The van der Waals surface area contributed by atoms with Crippen LogP contribution < -0.4 is 0 Å². The van der Waals surface area contributed by atoms with Crippen molar-refractivity contribution < 1.29 is 4.58 Å². The molecule has 1 nitrogen and oxygen atoms in total. The van der Waals surface area contributed by atoms with Gasteiger partial charge in [0.1, 0.15) is 0 Å². The van der Waals surface area contributed by atoms with Crippen LogP contribution >= 0.6 is 0 Å². The van der Waals surface area contributed by atoms with Gasteiger partial charge in [0, 0.05) is 0 Å². The van der Waals surface area contributed by atoms with Gasteiger partial charge in [0.15, 0.2) is 0 Å². The Hall–Kier alpha value is -1.37. The third kappa shape index (κ3) is 4.63. The Kier molecular flexibility index (Phi) is 7.94. The number of rotatable bonds is 9. The van der Waals surface area contributed by atoms with Crippen molar-refractivity contribution in [3.8, 4) is 0 Å². The molecule has 1 atom stereocenters. The second-order valence-corrected chi connectivity index (χ2v) is 6.25. The van der Waals surface area contributed by atoms with Gasteiger partial charge in [-0.25, -0.2) is 0 Å². The minimum atomic E-state index is 0.415. The summed E-state index contributed by atoms with van der Waals surface area (Å²) in [6, 6.07) is 10.7. The predicted molar refractivity (Wildman–Crippen MR) is 91.0 cm³/mol. The van der Waals surface area contributed by atoms with Gasteiger partial charge in [-0.2, -0.15) is 0 Å². The Bertz CT molecular complexity index is 461. The third-order valence-electron chi connectivity index (χ3n) is 3.12. The summed E-state index contributed by atoms with van der Waals surface area (Å²) in [4.78, 5) is 0. The van der Waals surface area contributed by atoms with Crippen LogP contribution in [0.3, 0.4) is 0 Å². The molecule has 0 bridgehead atoms. The molecule has 0 aliphatic carbocycles. The topological polar surface area (TPSA) is 3.01 Å². The van der Waals surface area contributed by atoms with E-state index in [0.717, 1.165) is 19.5 Å². The minimum absolute atomic E-state index is 0.415. The van der Waals surface area contributed by atoms with Crippen LogP contribution in [0, 0.1) is 0 Å². The second-order valence-electron chi connectivity index (χ2n) is 4.51. The molecule has 1 rings (SSSR count). The molecule has 0 aromatic heterocycles. The molecule has 1 unspecified atom stereocenters. The number of benzene rings is 1. The van der Waals surface area contributed by atoms with E-state index in [0.29, 0.717) is 20.9 Å². The van der Waals surface area contributed by atoms with E-state index in [4.69, 9.17) is 0 Å². The predicted octanol–water partition coefficient (Wildman–Crippen LogP) is 3.88. The van der Waals surface area contributed by atoms with Crippen molar-refractivity contribution in [2.45, 2.75) is 18.2 Å². The SMILES string of the molecule is C=CCC(C([Se]C)=[N+](CC=C)CC=C)c1ccccc1. The van der Waals surface area contributed by atoms with E-state index < -0.39 is 0 Å². The van der Waals surface area contributed by atoms with Gasteiger partial charge in [-0.05, 0) is 0 Å². The van der Waals surface area contributed by atoms with Gasteiger partial charge in [-0.15, -0.1) is 0 Å². The molecule has 0 saturated heterocycles. The maximum atomic E-state index is 3.93. The molecule has 0 amide bonds. The fourth-order valence-corrected chi connectivity index (χ4v) is 4.23. The molecule has 1 aromatic carbocycles. The molecule has 0 N–H and O–H groups in total. The normalized spacial score (nSPS) is 11.4. The summed E-state index contributed by atoms with van der Waals surface area (Å²) in [5.41, 5.74) is 1.37. The maximum absolute atomic E-state index is 3.93. The summed E-state index contributed by atoms with van der Waals surface area (Å²) >= 11 is 0.440. The van der Waals surface area contributed by atoms with Crippen LogP contribution in [0.1, 0.15) is 17.9 Å². The van der Waals surface area contributed by atoms with E-state index in [-0.39, 0.29) is 0 Å². The molecule has 0 radical (unpaired) electrons. The molecule has 1 aromatic rings. The van der Waals surface area contributed by atoms with Crippen LogP contribution in [0.5, 0.6) is 0 Å². The van der Waals surface area contributed by atoms with E-state index in [1.54, 1.807) is 0 Å². The van der Waals surface area contributed by atoms with E-state index in [1.807, 2.05) is 18.2 Å². The first kappa shape index (κ1) is 16.7. The van der Waals surface area contributed by atoms with Crippen LogP contribution in [0.15, 0.2) is 68.3 Å². The molecular weight excluding hydrogens is 309 g/mol. The van der Waals surface area contributed by atoms with Crippen LogP contribution in [0.4, 0.5) is 0 Å². The Morgan fingerprint density at radius 2 is 1.70 bits per heavy atom. The number of hydrogen-bond donors (Lipinski definition) is 0. The molecule has 20 heavy (non-hydrogen) atoms. The molecule has 0 saturated carbocycles. The summed E-state index contributed by atoms with van der Waals surface area (Å²) in [7, 11) is 0. The van der Waals surface area contributed by atoms with Crippen molar-refractivity contribution in [1.82, 2.24) is 0 Å². The van der Waals surface area contributed by atoms with Crippen LogP contribution in [0.2, 0.25) is 5.82 Å². The first-order chi connectivity index (χ1) is 9.78. The monoisotopic (exact) mass is 334 g/mol. The van der Waals surface area contributed by atoms with Crippen molar-refractivity contribution >= 4 is 19.6 Å². The van der Waals surface area contributed by atoms with Crippen molar-refractivity contribution in [3.63, 3.8) is 0 Å². The van der Waals surface area contributed by atoms with E-state index >= 15 is 0 Å². The first-order valence-corrected chi connectivity index (χ1v) is 9.38. The van der Waals surface area contributed by atoms with Crippen molar-refractivity contribution in [3.05, 3.63) is 73.9 Å². The molecule has 0 aliphatic rings. The molecule has 0 spiro atoms. The molecular formula is C18H24NSe+. The van der Waals surface area contributed by atoms with Gasteiger partial charge >= 0.3 is 129 Å². The van der Waals surface area contributed by atoms with Gasteiger partial charge in [0.2, 0.25) is 0 Å². The zero-order valence-electron chi connectivity index (χ0n) is 12.3. The Morgan fingerprint density at radius 3 is 2.15 bits per heavy atom. The van der Waals surface area contributed by atoms with E-state index in [1.165, 1.54) is 10.2 Å². The summed E-state index contributed by atoms with van der Waals surface area (Å²) in [6.07, 6.45) is 6.92. The van der Waals surface area contributed by atoms with Crippen molar-refractivity contribution in [1.29, 1.82) is 0 Å². The van der Waals surface area contributed by atoms with Gasteiger partial charge < -0.3 is 0 Å². The molecule has 0 heterocycles. The third-order valence-corrected chi connectivity index (χ3v) is 5.14. The van der Waals surface area contributed by atoms with E-state index in [9.17, 15) is 0 Å². The fourth-order valence-electron chi connectivity index (χ4n) is 2.29. The van der Waals surface area contributed by atoms with Gasteiger partial charge in [0.05, 0.1) is 0 Å². The van der Waals surface area contributed by atoms with E-state index in [2.05, 4.69) is 60.5 Å². The summed E-state index contributed by atoms with van der Waals surface area (Å²) in [5, 5.41) is 0. The quantitative estimate of drug-likeness (QED) is 0.279. The average Bonchev–Trinajstić information content (AvgIpc) is 2.48. The Labute approximate surface area is 129 Å². The zero-order valence-corrected chi connectivity index (χ0v) is 14.0. The average molecular weight is 333 g/mol. The zero-order chi connectivity index (χ0) is 14.8. The summed E-state index contributed by atoms with van der Waals surface area (Å²) in [5.74, 6) is 2.69. The van der Waals surface area contributed by atoms with Crippen LogP contribution in [0.25, 0.3) is 0 Å². The Morgan fingerprint density at radius 1 is 1.10 bits per heavy atom. The first-order valence-electron chi connectivity index (χ1n) is 6.81. The molecule has 2 heteroatoms. The second kappa shape index (κ2) is 9.52. The van der Waals surface area contributed by atoms with Gasteiger partial charge in [0.25, 0.3) is 0 Å². The van der Waals surface area contributed by atoms with Crippen molar-refractivity contribution in [2.75, 3.05) is 13.1 Å². The summed E-state index contributed by atoms with van der Waals surface area (Å²) in [6.45, 7) is 13.4. The number of allylic oxidation sites excluding steroid dienone is 1. The number of hydrogen-bond acceptors (Lipinski definition) is 0. The fraction of sp³-hybridized carbons (Fsp3) is 0.278. The molecule has 106 valence electrons. The standard InChI is InChI=1S/C18H24NSe/c1-5-11-17(16-12-9-8-10-13-16)18(20-4)19(14-6-2)15-7-3/h5-10,12-13,17H,1-3,11,14-15H2,4H3/q+1. The van der Waals surface area contributed by atoms with Gasteiger partial charge in [-0.3, -0.25) is 0 Å². The summed E-state index contributed by atoms with van der Waals surface area (Å²) < 4.78 is 3.88.